The summed E-state index contributed by atoms with van der Waals surface area (Å²) in [5.74, 6) is -0.381. The number of halogens is 1. The van der Waals surface area contributed by atoms with Gasteiger partial charge < -0.3 is 9.73 Å². The third-order valence-corrected chi connectivity index (χ3v) is 6.14. The number of rotatable bonds is 6. The van der Waals surface area contributed by atoms with E-state index in [1.54, 1.807) is 24.4 Å². The van der Waals surface area contributed by atoms with Gasteiger partial charge in [-0.3, -0.25) is 9.78 Å². The van der Waals surface area contributed by atoms with Crippen LogP contribution in [0, 0.1) is 0 Å². The van der Waals surface area contributed by atoms with Crippen molar-refractivity contribution in [3.8, 4) is 0 Å². The lowest BCUT2D eigenvalue weighted by Crippen LogP contribution is -2.31. The van der Waals surface area contributed by atoms with Gasteiger partial charge in [0.05, 0.1) is 11.2 Å². The van der Waals surface area contributed by atoms with Crippen molar-refractivity contribution in [1.29, 1.82) is 0 Å². The van der Waals surface area contributed by atoms with Gasteiger partial charge in [0, 0.05) is 24.0 Å². The van der Waals surface area contributed by atoms with E-state index in [0.717, 1.165) is 0 Å². The summed E-state index contributed by atoms with van der Waals surface area (Å²) in [7, 11) is -3.78. The lowest BCUT2D eigenvalue weighted by Gasteiger charge is -2.18. The molecular formula is C18H15ClN2O4S. The predicted molar refractivity (Wildman–Crippen MR) is 96.7 cm³/mol. The van der Waals surface area contributed by atoms with Gasteiger partial charge in [0.25, 0.3) is 5.91 Å². The van der Waals surface area contributed by atoms with Crippen molar-refractivity contribution in [1.82, 2.24) is 10.3 Å². The van der Waals surface area contributed by atoms with Crippen molar-refractivity contribution >= 4 is 27.3 Å². The summed E-state index contributed by atoms with van der Waals surface area (Å²) in [5.41, 5.74) is 0.474. The van der Waals surface area contributed by atoms with Crippen LogP contribution < -0.4 is 5.32 Å². The number of furan rings is 1. The maximum atomic E-state index is 13.1. The van der Waals surface area contributed by atoms with Crippen LogP contribution in [-0.4, -0.2) is 25.9 Å². The van der Waals surface area contributed by atoms with Crippen LogP contribution in [-0.2, 0) is 9.84 Å². The lowest BCUT2D eigenvalue weighted by molar-refractivity contribution is 0.0926. The highest BCUT2D eigenvalue weighted by Crippen LogP contribution is 2.29. The fourth-order valence-corrected chi connectivity index (χ4v) is 4.21. The Morgan fingerprint density at radius 1 is 1.15 bits per heavy atom. The second kappa shape index (κ2) is 7.72. The van der Waals surface area contributed by atoms with Crippen LogP contribution in [0.15, 0.2) is 76.5 Å². The Kier molecular flexibility index (Phi) is 5.39. The molecule has 0 aliphatic carbocycles. The van der Waals surface area contributed by atoms with Crippen LogP contribution >= 0.6 is 11.6 Å². The summed E-state index contributed by atoms with van der Waals surface area (Å²) in [5, 5.41) is 2.04. The molecule has 2 aromatic heterocycles. The van der Waals surface area contributed by atoms with E-state index in [9.17, 15) is 13.2 Å². The molecular weight excluding hydrogens is 376 g/mol. The largest absolute Gasteiger partial charge is 0.459 e. The van der Waals surface area contributed by atoms with E-state index in [-0.39, 0.29) is 17.2 Å². The zero-order valence-corrected chi connectivity index (χ0v) is 15.1. The molecule has 2 heterocycles. The summed E-state index contributed by atoms with van der Waals surface area (Å²) in [6.07, 6.45) is 4.39. The van der Waals surface area contributed by atoms with Crippen molar-refractivity contribution in [3.63, 3.8) is 0 Å². The molecule has 0 radical (unpaired) electrons. The highest BCUT2D eigenvalue weighted by Gasteiger charge is 2.30. The molecule has 0 bridgehead atoms. The molecule has 1 atom stereocenters. The minimum Gasteiger partial charge on any atom is -0.459 e. The number of carbonyl (C=O) groups is 1. The second-order valence-corrected chi connectivity index (χ2v) is 8.03. The van der Waals surface area contributed by atoms with Crippen LogP contribution in [0.25, 0.3) is 0 Å². The zero-order valence-electron chi connectivity index (χ0n) is 13.5. The van der Waals surface area contributed by atoms with Gasteiger partial charge in [0.15, 0.2) is 15.6 Å². The molecule has 1 aromatic carbocycles. The summed E-state index contributed by atoms with van der Waals surface area (Å²) in [4.78, 5) is 16.2. The van der Waals surface area contributed by atoms with E-state index in [4.69, 9.17) is 16.0 Å². The van der Waals surface area contributed by atoms with Gasteiger partial charge in [-0.2, -0.15) is 0 Å². The summed E-state index contributed by atoms with van der Waals surface area (Å²) in [6.45, 7) is -0.129. The minimum atomic E-state index is -3.78. The van der Waals surface area contributed by atoms with Gasteiger partial charge in [0.2, 0.25) is 0 Å². The van der Waals surface area contributed by atoms with Crippen molar-refractivity contribution in [3.05, 3.63) is 83.5 Å². The third-order valence-electron chi connectivity index (χ3n) is 3.77. The maximum absolute atomic E-state index is 13.1. The molecule has 0 aliphatic rings. The fraction of sp³-hybridized carbons (Fsp3) is 0.111. The summed E-state index contributed by atoms with van der Waals surface area (Å²) >= 11 is 5.85. The Morgan fingerprint density at radius 3 is 2.54 bits per heavy atom. The van der Waals surface area contributed by atoms with Crippen molar-refractivity contribution in [2.45, 2.75) is 10.1 Å². The molecule has 3 rings (SSSR count). The molecule has 0 unspecified atom stereocenters. The Hall–Kier alpha value is -2.64. The van der Waals surface area contributed by atoms with Gasteiger partial charge in [-0.1, -0.05) is 17.7 Å². The minimum absolute atomic E-state index is 0.110. The normalized spacial score (nSPS) is 12.5. The van der Waals surface area contributed by atoms with E-state index in [0.29, 0.717) is 10.6 Å². The Labute approximate surface area is 155 Å². The van der Waals surface area contributed by atoms with Crippen molar-refractivity contribution in [2.24, 2.45) is 0 Å². The Balaban J connectivity index is 1.91. The van der Waals surface area contributed by atoms with E-state index >= 15 is 0 Å². The van der Waals surface area contributed by atoms with Crippen LogP contribution in [0.2, 0.25) is 5.02 Å². The van der Waals surface area contributed by atoms with Gasteiger partial charge in [-0.05, 0) is 48.0 Å². The lowest BCUT2D eigenvalue weighted by atomic mass is 10.2. The van der Waals surface area contributed by atoms with Crippen molar-refractivity contribution < 1.29 is 17.6 Å². The molecule has 0 aliphatic heterocycles. The van der Waals surface area contributed by atoms with E-state index in [2.05, 4.69) is 10.3 Å². The average Bonchev–Trinajstić information content (AvgIpc) is 3.17. The first-order valence-corrected chi connectivity index (χ1v) is 9.62. The van der Waals surface area contributed by atoms with Gasteiger partial charge in [-0.25, -0.2) is 8.42 Å². The highest BCUT2D eigenvalue weighted by atomic mass is 35.5. The molecule has 0 spiro atoms. The number of nitrogens with zero attached hydrogens (tertiary/aromatic N) is 1. The Morgan fingerprint density at radius 2 is 1.92 bits per heavy atom. The number of aromatic nitrogens is 1. The molecule has 134 valence electrons. The number of pyridine rings is 1. The Bertz CT molecular complexity index is 972. The monoisotopic (exact) mass is 390 g/mol. The molecule has 1 N–H and O–H groups in total. The third kappa shape index (κ3) is 3.95. The molecule has 3 aromatic rings. The van der Waals surface area contributed by atoms with Crippen molar-refractivity contribution in [2.75, 3.05) is 6.54 Å². The number of carbonyl (C=O) groups excluding carboxylic acids is 1. The first kappa shape index (κ1) is 18.2. The first-order valence-electron chi connectivity index (χ1n) is 7.69. The molecule has 26 heavy (non-hydrogen) atoms. The fourth-order valence-electron chi connectivity index (χ4n) is 2.44. The van der Waals surface area contributed by atoms with Gasteiger partial charge in [-0.15, -0.1) is 0 Å². The molecule has 0 saturated carbocycles. The van der Waals surface area contributed by atoms with E-state index in [1.807, 2.05) is 0 Å². The topological polar surface area (TPSA) is 89.3 Å². The molecule has 8 heteroatoms. The van der Waals surface area contributed by atoms with Crippen LogP contribution in [0.4, 0.5) is 0 Å². The van der Waals surface area contributed by atoms with Crippen LogP contribution in [0.3, 0.4) is 0 Å². The summed E-state index contributed by atoms with van der Waals surface area (Å²) < 4.78 is 31.2. The molecule has 1 amide bonds. The quantitative estimate of drug-likeness (QED) is 0.697. The standard InChI is InChI=1S/C18H15ClN2O4S/c19-14-5-7-15(8-6-14)26(23,24)17(13-3-1-9-20-11-13)12-21-18(22)16-4-2-10-25-16/h1-11,17H,12H2,(H,21,22)/t17-/m1/s1. The van der Waals surface area contributed by atoms with Crippen LogP contribution in [0.5, 0.6) is 0 Å². The number of sulfone groups is 1. The van der Waals surface area contributed by atoms with Gasteiger partial charge in [0.1, 0.15) is 5.25 Å². The summed E-state index contributed by atoms with van der Waals surface area (Å²) in [6, 6.07) is 12.3. The molecule has 0 fully saturated rings. The second-order valence-electron chi connectivity index (χ2n) is 5.46. The zero-order chi connectivity index (χ0) is 18.6. The number of hydrogen-bond acceptors (Lipinski definition) is 5. The molecule has 6 nitrogen and oxygen atoms in total. The first-order chi connectivity index (χ1) is 12.5. The number of benzene rings is 1. The van der Waals surface area contributed by atoms with E-state index < -0.39 is 21.0 Å². The average molecular weight is 391 g/mol. The van der Waals surface area contributed by atoms with E-state index in [1.165, 1.54) is 42.8 Å². The predicted octanol–water partition coefficient (Wildman–Crippen LogP) is 3.27. The number of amides is 1. The molecule has 0 saturated heterocycles. The smallest absolute Gasteiger partial charge is 0.287 e. The maximum Gasteiger partial charge on any atom is 0.287 e. The van der Waals surface area contributed by atoms with Gasteiger partial charge >= 0.3 is 0 Å². The number of hydrogen-bond donors (Lipinski definition) is 1. The number of nitrogens with one attached hydrogen (secondary N) is 1. The van der Waals surface area contributed by atoms with Crippen LogP contribution in [0.1, 0.15) is 21.4 Å². The highest BCUT2D eigenvalue weighted by molar-refractivity contribution is 7.91. The SMILES string of the molecule is O=C(NC[C@H](c1cccnc1)S(=O)(=O)c1ccc(Cl)cc1)c1ccco1.